The third-order valence-electron chi connectivity index (χ3n) is 2.95. The van der Waals surface area contributed by atoms with Crippen LogP contribution in [0, 0.1) is 0 Å². The normalized spacial score (nSPS) is 11.9. The number of carbonyl (C=O) groups excluding carboxylic acids is 1. The van der Waals surface area contributed by atoms with E-state index in [0.717, 1.165) is 24.3 Å². The van der Waals surface area contributed by atoms with E-state index in [1.165, 1.54) is 0 Å². The number of aromatic nitrogens is 3. The summed E-state index contributed by atoms with van der Waals surface area (Å²) in [6.07, 6.45) is 6.07. The van der Waals surface area contributed by atoms with Gasteiger partial charge in [0.25, 0.3) is 5.91 Å². The standard InChI is InChI=1S/C14H19N5O/c1-3-6-15-13-5-4-11(7-16-13)14(20)19-10(2)12-8-17-18-9-12/h4-5,7-10H,3,6H2,1-2H3,(H,15,16)(H,17,18)(H,19,20). The zero-order valence-electron chi connectivity index (χ0n) is 11.7. The van der Waals surface area contributed by atoms with Crippen molar-refractivity contribution in [1.82, 2.24) is 20.5 Å². The maximum absolute atomic E-state index is 12.1. The molecule has 3 N–H and O–H groups in total. The van der Waals surface area contributed by atoms with Crippen molar-refractivity contribution < 1.29 is 4.79 Å². The first-order chi connectivity index (χ1) is 9.70. The first-order valence-corrected chi connectivity index (χ1v) is 6.70. The minimum absolute atomic E-state index is 0.0980. The molecule has 0 bridgehead atoms. The Hall–Kier alpha value is -2.37. The SMILES string of the molecule is CCCNc1ccc(C(=O)NC(C)c2cn[nH]c2)cn1. The Morgan fingerprint density at radius 1 is 1.40 bits per heavy atom. The molecule has 0 saturated heterocycles. The Morgan fingerprint density at radius 2 is 2.25 bits per heavy atom. The molecular weight excluding hydrogens is 254 g/mol. The number of aromatic amines is 1. The zero-order valence-corrected chi connectivity index (χ0v) is 11.7. The van der Waals surface area contributed by atoms with Crippen molar-refractivity contribution in [2.75, 3.05) is 11.9 Å². The Balaban J connectivity index is 1.95. The van der Waals surface area contributed by atoms with Gasteiger partial charge in [0.1, 0.15) is 5.82 Å². The van der Waals surface area contributed by atoms with Crippen molar-refractivity contribution >= 4 is 11.7 Å². The average Bonchev–Trinajstić information content (AvgIpc) is 3.00. The fourth-order valence-electron chi connectivity index (χ4n) is 1.75. The highest BCUT2D eigenvalue weighted by Gasteiger charge is 2.12. The maximum atomic E-state index is 12.1. The Morgan fingerprint density at radius 3 is 2.85 bits per heavy atom. The van der Waals surface area contributed by atoms with Gasteiger partial charge < -0.3 is 10.6 Å². The smallest absolute Gasteiger partial charge is 0.253 e. The predicted octanol–water partition coefficient (Wildman–Crippen LogP) is 2.12. The fourth-order valence-corrected chi connectivity index (χ4v) is 1.75. The van der Waals surface area contributed by atoms with E-state index in [9.17, 15) is 4.79 Å². The lowest BCUT2D eigenvalue weighted by molar-refractivity contribution is 0.0939. The average molecular weight is 273 g/mol. The highest BCUT2D eigenvalue weighted by molar-refractivity contribution is 5.94. The molecule has 1 unspecified atom stereocenters. The van der Waals surface area contributed by atoms with Gasteiger partial charge in [-0.2, -0.15) is 5.10 Å². The lowest BCUT2D eigenvalue weighted by Crippen LogP contribution is -2.26. The molecule has 0 aliphatic heterocycles. The summed E-state index contributed by atoms with van der Waals surface area (Å²) in [5, 5.41) is 12.7. The molecule has 2 aromatic heterocycles. The summed E-state index contributed by atoms with van der Waals surface area (Å²) < 4.78 is 0. The van der Waals surface area contributed by atoms with Crippen molar-refractivity contribution in [1.29, 1.82) is 0 Å². The molecule has 106 valence electrons. The van der Waals surface area contributed by atoms with Crippen LogP contribution in [0.1, 0.15) is 42.2 Å². The van der Waals surface area contributed by atoms with Crippen LogP contribution in [0.25, 0.3) is 0 Å². The van der Waals surface area contributed by atoms with Gasteiger partial charge in [-0.25, -0.2) is 4.98 Å². The summed E-state index contributed by atoms with van der Waals surface area (Å²) >= 11 is 0. The molecule has 0 radical (unpaired) electrons. The van der Waals surface area contributed by atoms with Gasteiger partial charge in [0, 0.05) is 24.5 Å². The van der Waals surface area contributed by atoms with E-state index in [2.05, 4.69) is 32.7 Å². The van der Waals surface area contributed by atoms with Crippen molar-refractivity contribution in [2.45, 2.75) is 26.3 Å². The van der Waals surface area contributed by atoms with Gasteiger partial charge in [0.2, 0.25) is 0 Å². The van der Waals surface area contributed by atoms with Gasteiger partial charge in [-0.15, -0.1) is 0 Å². The summed E-state index contributed by atoms with van der Waals surface area (Å²) in [5.74, 6) is 0.638. The van der Waals surface area contributed by atoms with Crippen LogP contribution in [-0.4, -0.2) is 27.6 Å². The van der Waals surface area contributed by atoms with Crippen LogP contribution in [0.15, 0.2) is 30.7 Å². The van der Waals surface area contributed by atoms with E-state index in [-0.39, 0.29) is 11.9 Å². The molecule has 0 aliphatic carbocycles. The summed E-state index contributed by atoms with van der Waals surface area (Å²) in [7, 11) is 0. The van der Waals surface area contributed by atoms with Crippen molar-refractivity contribution in [3.63, 3.8) is 0 Å². The minimum Gasteiger partial charge on any atom is -0.370 e. The van der Waals surface area contributed by atoms with Crippen LogP contribution < -0.4 is 10.6 Å². The number of hydrogen-bond acceptors (Lipinski definition) is 4. The molecule has 2 heterocycles. The minimum atomic E-state index is -0.145. The number of H-pyrrole nitrogens is 1. The second-order valence-electron chi connectivity index (χ2n) is 4.59. The van der Waals surface area contributed by atoms with Crippen molar-refractivity contribution in [3.8, 4) is 0 Å². The number of anilines is 1. The first-order valence-electron chi connectivity index (χ1n) is 6.70. The van der Waals surface area contributed by atoms with E-state index < -0.39 is 0 Å². The molecule has 0 aromatic carbocycles. The van der Waals surface area contributed by atoms with E-state index >= 15 is 0 Å². The van der Waals surface area contributed by atoms with Gasteiger partial charge in [0.15, 0.2) is 0 Å². The second kappa shape index (κ2) is 6.70. The fraction of sp³-hybridized carbons (Fsp3) is 0.357. The summed E-state index contributed by atoms with van der Waals surface area (Å²) in [4.78, 5) is 16.3. The molecule has 0 saturated carbocycles. The number of nitrogens with zero attached hydrogens (tertiary/aromatic N) is 2. The highest BCUT2D eigenvalue weighted by Crippen LogP contribution is 2.11. The van der Waals surface area contributed by atoms with Gasteiger partial charge in [-0.3, -0.25) is 9.89 Å². The lowest BCUT2D eigenvalue weighted by Gasteiger charge is -2.12. The summed E-state index contributed by atoms with van der Waals surface area (Å²) in [6.45, 7) is 4.87. The maximum Gasteiger partial charge on any atom is 0.253 e. The first kappa shape index (κ1) is 14.0. The van der Waals surface area contributed by atoms with Crippen LogP contribution in [0.3, 0.4) is 0 Å². The van der Waals surface area contributed by atoms with Crippen LogP contribution in [0.5, 0.6) is 0 Å². The molecular formula is C14H19N5O. The Kier molecular flexibility index (Phi) is 4.70. The Labute approximate surface area is 118 Å². The number of carbonyl (C=O) groups is 1. The summed E-state index contributed by atoms with van der Waals surface area (Å²) in [6, 6.07) is 3.48. The van der Waals surface area contributed by atoms with Crippen molar-refractivity contribution in [3.05, 3.63) is 41.9 Å². The third kappa shape index (κ3) is 3.57. The van der Waals surface area contributed by atoms with Crippen LogP contribution in [-0.2, 0) is 0 Å². The quantitative estimate of drug-likeness (QED) is 0.753. The van der Waals surface area contributed by atoms with Crippen LogP contribution in [0.2, 0.25) is 0 Å². The topological polar surface area (TPSA) is 82.7 Å². The van der Waals surface area contributed by atoms with Crippen molar-refractivity contribution in [2.24, 2.45) is 0 Å². The van der Waals surface area contributed by atoms with E-state index in [1.54, 1.807) is 24.7 Å². The molecule has 2 aromatic rings. The number of pyridine rings is 1. The largest absolute Gasteiger partial charge is 0.370 e. The monoisotopic (exact) mass is 273 g/mol. The lowest BCUT2D eigenvalue weighted by atomic mass is 10.1. The van der Waals surface area contributed by atoms with Gasteiger partial charge in [-0.05, 0) is 25.5 Å². The van der Waals surface area contributed by atoms with Gasteiger partial charge in [-0.1, -0.05) is 6.92 Å². The molecule has 20 heavy (non-hydrogen) atoms. The van der Waals surface area contributed by atoms with Gasteiger partial charge in [0.05, 0.1) is 17.8 Å². The molecule has 0 spiro atoms. The molecule has 1 amide bonds. The number of amides is 1. The Bertz CT molecular complexity index is 535. The highest BCUT2D eigenvalue weighted by atomic mass is 16.1. The predicted molar refractivity (Wildman–Crippen MR) is 77.5 cm³/mol. The van der Waals surface area contributed by atoms with Crippen LogP contribution in [0.4, 0.5) is 5.82 Å². The zero-order chi connectivity index (χ0) is 14.4. The third-order valence-corrected chi connectivity index (χ3v) is 2.95. The molecule has 2 rings (SSSR count). The number of nitrogens with one attached hydrogen (secondary N) is 3. The molecule has 0 aliphatic rings. The second-order valence-corrected chi connectivity index (χ2v) is 4.59. The molecule has 6 heteroatoms. The number of hydrogen-bond donors (Lipinski definition) is 3. The van der Waals surface area contributed by atoms with Crippen LogP contribution >= 0.6 is 0 Å². The van der Waals surface area contributed by atoms with E-state index in [4.69, 9.17) is 0 Å². The van der Waals surface area contributed by atoms with E-state index in [0.29, 0.717) is 5.56 Å². The molecule has 1 atom stereocenters. The number of rotatable bonds is 6. The molecule has 0 fully saturated rings. The van der Waals surface area contributed by atoms with Gasteiger partial charge >= 0.3 is 0 Å². The molecule has 6 nitrogen and oxygen atoms in total. The summed E-state index contributed by atoms with van der Waals surface area (Å²) in [5.41, 5.74) is 1.48. The van der Waals surface area contributed by atoms with E-state index in [1.807, 2.05) is 13.0 Å².